The minimum atomic E-state index is -0.417. The number of benzene rings is 2. The van der Waals surface area contributed by atoms with E-state index in [4.69, 9.17) is 13.9 Å². The van der Waals surface area contributed by atoms with Gasteiger partial charge in [-0.2, -0.15) is 4.99 Å². The van der Waals surface area contributed by atoms with Gasteiger partial charge in [-0.3, -0.25) is 4.79 Å². The van der Waals surface area contributed by atoms with E-state index in [9.17, 15) is 4.79 Å². The van der Waals surface area contributed by atoms with Gasteiger partial charge in [-0.05, 0) is 56.2 Å². The number of fused-ring (bicyclic) bond motifs is 2. The Balaban J connectivity index is 1.81. The molecule has 4 aromatic rings. The lowest BCUT2D eigenvalue weighted by Crippen LogP contribution is -2.19. The fraction of sp³-hybridized carbons (Fsp3) is 0.304. The van der Waals surface area contributed by atoms with E-state index in [1.54, 1.807) is 13.2 Å². The molecule has 0 spiro atoms. The number of hydrogen-bond acceptors (Lipinski definition) is 5. The highest BCUT2D eigenvalue weighted by molar-refractivity contribution is 7.16. The smallest absolute Gasteiger partial charge is 0.315 e. The van der Waals surface area contributed by atoms with Crippen molar-refractivity contribution in [3.8, 4) is 5.75 Å². The maximum absolute atomic E-state index is 13.0. The predicted octanol–water partition coefficient (Wildman–Crippen LogP) is 4.85. The highest BCUT2D eigenvalue weighted by atomic mass is 32.1. The number of thiazole rings is 1. The second kappa shape index (κ2) is 8.45. The fourth-order valence-corrected chi connectivity index (χ4v) is 4.49. The molecule has 30 heavy (non-hydrogen) atoms. The number of para-hydroxylation sites is 1. The molecule has 4 rings (SSSR count). The fourth-order valence-electron chi connectivity index (χ4n) is 3.36. The van der Waals surface area contributed by atoms with Crippen molar-refractivity contribution in [3.05, 3.63) is 58.1 Å². The summed E-state index contributed by atoms with van der Waals surface area (Å²) in [5.41, 5.74) is 4.02. The first-order valence-electron chi connectivity index (χ1n) is 9.85. The van der Waals surface area contributed by atoms with Crippen LogP contribution in [-0.2, 0) is 11.3 Å². The molecule has 2 heterocycles. The van der Waals surface area contributed by atoms with Crippen molar-refractivity contribution in [2.75, 3.05) is 20.3 Å². The molecule has 0 bridgehead atoms. The third-order valence-electron chi connectivity index (χ3n) is 5.03. The molecule has 0 aliphatic carbocycles. The second-order valence-electron chi connectivity index (χ2n) is 7.07. The van der Waals surface area contributed by atoms with Crippen molar-refractivity contribution < 1.29 is 18.7 Å². The summed E-state index contributed by atoms with van der Waals surface area (Å²) in [6, 6.07) is 11.6. The third kappa shape index (κ3) is 3.78. The van der Waals surface area contributed by atoms with Gasteiger partial charge in [0.1, 0.15) is 0 Å². The van der Waals surface area contributed by atoms with E-state index >= 15 is 0 Å². The van der Waals surface area contributed by atoms with Crippen LogP contribution >= 0.6 is 11.3 Å². The molecule has 1 amide bonds. The summed E-state index contributed by atoms with van der Waals surface area (Å²) in [5, 5.41) is 0.814. The van der Waals surface area contributed by atoms with Crippen molar-refractivity contribution >= 4 is 38.4 Å². The Hall–Kier alpha value is -2.90. The SMILES string of the molecule is CCOc1cccc2cc(C(=O)N=c3sc4cc(C)c(C)cc4n3CCOC)oc12. The Bertz CT molecular complexity index is 1300. The van der Waals surface area contributed by atoms with Crippen LogP contribution in [0, 0.1) is 13.8 Å². The molecular formula is C23H24N2O4S. The molecule has 0 radical (unpaired) electrons. The van der Waals surface area contributed by atoms with Crippen LogP contribution in [0.2, 0.25) is 0 Å². The normalized spacial score (nSPS) is 12.2. The maximum Gasteiger partial charge on any atom is 0.315 e. The van der Waals surface area contributed by atoms with E-state index in [1.807, 2.05) is 29.7 Å². The number of ether oxygens (including phenoxy) is 2. The molecule has 0 unspecified atom stereocenters. The number of hydrogen-bond donors (Lipinski definition) is 0. The van der Waals surface area contributed by atoms with Crippen LogP contribution in [0.3, 0.4) is 0 Å². The molecule has 0 N–H and O–H groups in total. The maximum atomic E-state index is 13.0. The number of methoxy groups -OCH3 is 1. The summed E-state index contributed by atoms with van der Waals surface area (Å²) in [5.74, 6) is 0.400. The van der Waals surface area contributed by atoms with Gasteiger partial charge in [-0.1, -0.05) is 23.5 Å². The highest BCUT2D eigenvalue weighted by Crippen LogP contribution is 2.29. The van der Waals surface area contributed by atoms with Gasteiger partial charge in [0.15, 0.2) is 21.9 Å². The second-order valence-corrected chi connectivity index (χ2v) is 8.08. The summed E-state index contributed by atoms with van der Waals surface area (Å²) >= 11 is 1.49. The Morgan fingerprint density at radius 3 is 2.77 bits per heavy atom. The van der Waals surface area contributed by atoms with Gasteiger partial charge in [-0.25, -0.2) is 0 Å². The van der Waals surface area contributed by atoms with Gasteiger partial charge >= 0.3 is 5.91 Å². The van der Waals surface area contributed by atoms with Crippen LogP contribution in [0.1, 0.15) is 28.6 Å². The predicted molar refractivity (Wildman–Crippen MR) is 118 cm³/mol. The Morgan fingerprint density at radius 1 is 1.20 bits per heavy atom. The number of aromatic nitrogens is 1. The van der Waals surface area contributed by atoms with Crippen molar-refractivity contribution in [1.29, 1.82) is 0 Å². The topological polar surface area (TPSA) is 66.0 Å². The average Bonchev–Trinajstić information content (AvgIpc) is 3.29. The summed E-state index contributed by atoms with van der Waals surface area (Å²) in [7, 11) is 1.66. The van der Waals surface area contributed by atoms with E-state index in [1.165, 1.54) is 22.5 Å². The molecule has 156 valence electrons. The Labute approximate surface area is 178 Å². The average molecular weight is 425 g/mol. The molecule has 6 nitrogen and oxygen atoms in total. The largest absolute Gasteiger partial charge is 0.490 e. The van der Waals surface area contributed by atoms with Crippen LogP contribution in [0.4, 0.5) is 0 Å². The first kappa shape index (κ1) is 20.4. The molecule has 0 fully saturated rings. The molecular weight excluding hydrogens is 400 g/mol. The zero-order valence-electron chi connectivity index (χ0n) is 17.5. The van der Waals surface area contributed by atoms with E-state index < -0.39 is 5.91 Å². The van der Waals surface area contributed by atoms with Gasteiger partial charge in [0, 0.05) is 19.0 Å². The van der Waals surface area contributed by atoms with E-state index in [0.717, 1.165) is 15.6 Å². The number of nitrogens with zero attached hydrogens (tertiary/aromatic N) is 2. The molecule has 0 aliphatic rings. The molecule has 0 saturated carbocycles. The first-order chi connectivity index (χ1) is 14.5. The minimum Gasteiger partial charge on any atom is -0.490 e. The number of carbonyl (C=O) groups is 1. The summed E-state index contributed by atoms with van der Waals surface area (Å²) < 4.78 is 19.8. The summed E-state index contributed by atoms with van der Waals surface area (Å²) in [4.78, 5) is 18.0. The Morgan fingerprint density at radius 2 is 2.00 bits per heavy atom. The number of aryl methyl sites for hydroxylation is 2. The highest BCUT2D eigenvalue weighted by Gasteiger charge is 2.16. The van der Waals surface area contributed by atoms with E-state index in [-0.39, 0.29) is 5.76 Å². The van der Waals surface area contributed by atoms with Crippen molar-refractivity contribution in [1.82, 2.24) is 4.57 Å². The van der Waals surface area contributed by atoms with Crippen molar-refractivity contribution in [2.45, 2.75) is 27.3 Å². The van der Waals surface area contributed by atoms with Crippen LogP contribution in [0.5, 0.6) is 5.75 Å². The quantitative estimate of drug-likeness (QED) is 0.444. The lowest BCUT2D eigenvalue weighted by Gasteiger charge is -2.06. The number of amides is 1. The van der Waals surface area contributed by atoms with Gasteiger partial charge in [0.25, 0.3) is 0 Å². The van der Waals surface area contributed by atoms with Crippen LogP contribution < -0.4 is 9.54 Å². The Kier molecular flexibility index (Phi) is 5.74. The minimum absolute atomic E-state index is 0.195. The van der Waals surface area contributed by atoms with Crippen LogP contribution in [0.15, 0.2) is 45.8 Å². The van der Waals surface area contributed by atoms with Crippen LogP contribution in [0.25, 0.3) is 21.2 Å². The van der Waals surface area contributed by atoms with E-state index in [2.05, 4.69) is 31.0 Å². The lowest BCUT2D eigenvalue weighted by atomic mass is 10.1. The third-order valence-corrected chi connectivity index (χ3v) is 6.07. The van der Waals surface area contributed by atoms with Gasteiger partial charge in [0.05, 0.1) is 23.4 Å². The number of rotatable bonds is 6. The van der Waals surface area contributed by atoms with Gasteiger partial charge < -0.3 is 18.5 Å². The molecule has 0 saturated heterocycles. The van der Waals surface area contributed by atoms with Crippen LogP contribution in [-0.4, -0.2) is 30.8 Å². The summed E-state index contributed by atoms with van der Waals surface area (Å²) in [6.45, 7) is 7.74. The monoisotopic (exact) mass is 424 g/mol. The standard InChI is InChI=1S/C23H24N2O4S/c1-5-28-18-8-6-7-16-13-19(29-21(16)18)22(26)24-23-25(9-10-27-4)17-11-14(2)15(3)12-20(17)30-23/h6-8,11-13H,5,9-10H2,1-4H3. The summed E-state index contributed by atoms with van der Waals surface area (Å²) in [6.07, 6.45) is 0. The zero-order valence-corrected chi connectivity index (χ0v) is 18.3. The van der Waals surface area contributed by atoms with Crippen molar-refractivity contribution in [3.63, 3.8) is 0 Å². The van der Waals surface area contributed by atoms with E-state index in [0.29, 0.717) is 35.9 Å². The molecule has 0 aliphatic heterocycles. The number of furan rings is 1. The zero-order chi connectivity index (χ0) is 21.3. The van der Waals surface area contributed by atoms with Gasteiger partial charge in [0.2, 0.25) is 0 Å². The molecule has 7 heteroatoms. The molecule has 0 atom stereocenters. The van der Waals surface area contributed by atoms with Crippen molar-refractivity contribution in [2.24, 2.45) is 4.99 Å². The van der Waals surface area contributed by atoms with Gasteiger partial charge in [-0.15, -0.1) is 0 Å². The lowest BCUT2D eigenvalue weighted by molar-refractivity contribution is 0.0973. The first-order valence-corrected chi connectivity index (χ1v) is 10.7. The number of carbonyl (C=O) groups excluding carboxylic acids is 1. The molecule has 2 aromatic carbocycles. The molecule has 2 aromatic heterocycles.